The second kappa shape index (κ2) is 5.03. The fraction of sp³-hybridized carbons (Fsp3) is 0.250. The van der Waals surface area contributed by atoms with Gasteiger partial charge in [0.15, 0.2) is 5.76 Å². The fourth-order valence-corrected chi connectivity index (χ4v) is 1.55. The molecule has 0 aliphatic rings. The van der Waals surface area contributed by atoms with Gasteiger partial charge in [-0.05, 0) is 19.1 Å². The van der Waals surface area contributed by atoms with Crippen LogP contribution in [0.2, 0.25) is 0 Å². The van der Waals surface area contributed by atoms with E-state index < -0.39 is 0 Å². The Morgan fingerprint density at radius 1 is 1.38 bits per heavy atom. The predicted molar refractivity (Wildman–Crippen MR) is 62.7 cm³/mol. The molecule has 0 aliphatic heterocycles. The molecule has 1 aromatic heterocycles. The number of nitrogens with zero attached hydrogens (tertiary/aromatic N) is 1. The summed E-state index contributed by atoms with van der Waals surface area (Å²) in [5, 5.41) is 3.94. The summed E-state index contributed by atoms with van der Waals surface area (Å²) in [6, 6.07) is 9.56. The van der Waals surface area contributed by atoms with E-state index in [4.69, 9.17) is 20.9 Å². The molecule has 4 heteroatoms. The first kappa shape index (κ1) is 11.0. The molecular weight excluding hydrogens is 226 g/mol. The second-order valence-corrected chi connectivity index (χ2v) is 3.54. The highest BCUT2D eigenvalue weighted by molar-refractivity contribution is 6.16. The van der Waals surface area contributed by atoms with Crippen LogP contribution >= 0.6 is 11.6 Å². The second-order valence-electron chi connectivity index (χ2n) is 3.27. The van der Waals surface area contributed by atoms with Crippen LogP contribution in [0.15, 0.2) is 34.9 Å². The Kier molecular flexibility index (Phi) is 3.47. The van der Waals surface area contributed by atoms with Gasteiger partial charge in [0.2, 0.25) is 0 Å². The third-order valence-electron chi connectivity index (χ3n) is 2.13. The number of alkyl halides is 1. The highest BCUT2D eigenvalue weighted by Gasteiger charge is 2.06. The molecule has 1 aromatic carbocycles. The highest BCUT2D eigenvalue weighted by Crippen LogP contribution is 2.24. The van der Waals surface area contributed by atoms with E-state index in [-0.39, 0.29) is 0 Å². The Balaban J connectivity index is 2.28. The van der Waals surface area contributed by atoms with E-state index in [1.165, 1.54) is 0 Å². The number of ether oxygens (including phenoxy) is 1. The van der Waals surface area contributed by atoms with Gasteiger partial charge < -0.3 is 9.26 Å². The van der Waals surface area contributed by atoms with Crippen molar-refractivity contribution < 1.29 is 9.26 Å². The van der Waals surface area contributed by atoms with Crippen LogP contribution in [0.3, 0.4) is 0 Å². The molecule has 0 saturated carbocycles. The number of halogens is 1. The van der Waals surface area contributed by atoms with Crippen LogP contribution in [0.4, 0.5) is 0 Å². The Labute approximate surface area is 99.0 Å². The molecule has 1 heterocycles. The Bertz CT molecular complexity index is 468. The molecule has 0 radical (unpaired) electrons. The number of hydrogen-bond donors (Lipinski definition) is 0. The average molecular weight is 238 g/mol. The van der Waals surface area contributed by atoms with E-state index in [1.807, 2.05) is 37.3 Å². The number of hydrogen-bond acceptors (Lipinski definition) is 3. The zero-order chi connectivity index (χ0) is 11.4. The Hall–Kier alpha value is -1.48. The van der Waals surface area contributed by atoms with Crippen molar-refractivity contribution in [2.75, 3.05) is 6.61 Å². The van der Waals surface area contributed by atoms with Gasteiger partial charge in [-0.15, -0.1) is 11.6 Å². The predicted octanol–water partition coefficient (Wildman–Crippen LogP) is 3.48. The number of rotatable bonds is 4. The molecule has 0 unspecified atom stereocenters. The van der Waals surface area contributed by atoms with Crippen molar-refractivity contribution in [1.82, 2.24) is 5.16 Å². The molecule has 84 valence electrons. The van der Waals surface area contributed by atoms with Crippen LogP contribution < -0.4 is 4.74 Å². The summed E-state index contributed by atoms with van der Waals surface area (Å²) in [5.41, 5.74) is 1.74. The van der Waals surface area contributed by atoms with Crippen molar-refractivity contribution in [1.29, 1.82) is 0 Å². The topological polar surface area (TPSA) is 35.3 Å². The third kappa shape index (κ3) is 2.36. The maximum Gasteiger partial charge on any atom is 0.152 e. The molecule has 2 rings (SSSR count). The molecular formula is C12H12ClNO2. The monoisotopic (exact) mass is 237 g/mol. The summed E-state index contributed by atoms with van der Waals surface area (Å²) in [4.78, 5) is 0. The third-order valence-corrected chi connectivity index (χ3v) is 2.39. The van der Waals surface area contributed by atoms with Crippen LogP contribution in [0.25, 0.3) is 11.3 Å². The first-order chi connectivity index (χ1) is 7.83. The lowest BCUT2D eigenvalue weighted by molar-refractivity contribution is 0.340. The lowest BCUT2D eigenvalue weighted by Crippen LogP contribution is -1.91. The van der Waals surface area contributed by atoms with E-state index in [9.17, 15) is 0 Å². The molecule has 0 atom stereocenters. The van der Waals surface area contributed by atoms with E-state index in [2.05, 4.69) is 5.16 Å². The minimum atomic E-state index is 0.331. The van der Waals surface area contributed by atoms with Crippen LogP contribution in [0, 0.1) is 0 Å². The quantitative estimate of drug-likeness (QED) is 0.764. The Morgan fingerprint density at radius 3 is 2.94 bits per heavy atom. The molecule has 0 saturated heterocycles. The summed E-state index contributed by atoms with van der Waals surface area (Å²) in [7, 11) is 0. The van der Waals surface area contributed by atoms with Gasteiger partial charge >= 0.3 is 0 Å². The molecule has 0 amide bonds. The van der Waals surface area contributed by atoms with Gasteiger partial charge in [0.1, 0.15) is 11.4 Å². The summed E-state index contributed by atoms with van der Waals surface area (Å²) >= 11 is 5.65. The number of aromatic nitrogens is 1. The zero-order valence-corrected chi connectivity index (χ0v) is 9.70. The van der Waals surface area contributed by atoms with Crippen LogP contribution in [0.5, 0.6) is 5.75 Å². The lowest BCUT2D eigenvalue weighted by atomic mass is 10.1. The van der Waals surface area contributed by atoms with Crippen LogP contribution in [-0.4, -0.2) is 11.8 Å². The molecule has 3 nitrogen and oxygen atoms in total. The van der Waals surface area contributed by atoms with Crippen molar-refractivity contribution in [3.05, 3.63) is 36.1 Å². The Morgan fingerprint density at radius 2 is 2.25 bits per heavy atom. The van der Waals surface area contributed by atoms with Crippen LogP contribution in [0.1, 0.15) is 12.7 Å². The fourth-order valence-electron chi connectivity index (χ4n) is 1.42. The minimum Gasteiger partial charge on any atom is -0.494 e. The SMILES string of the molecule is CCOc1cccc(-c2cc(CCl)on2)c1. The summed E-state index contributed by atoms with van der Waals surface area (Å²) in [6.45, 7) is 2.60. The standard InChI is InChI=1S/C12H12ClNO2/c1-2-15-10-5-3-4-9(6-10)12-7-11(8-13)16-14-12/h3-7H,2,8H2,1H3. The molecule has 0 bridgehead atoms. The first-order valence-corrected chi connectivity index (χ1v) is 5.61. The molecule has 0 spiro atoms. The normalized spacial score (nSPS) is 10.4. The van der Waals surface area contributed by atoms with Crippen molar-refractivity contribution in [2.24, 2.45) is 0 Å². The highest BCUT2D eigenvalue weighted by atomic mass is 35.5. The van der Waals surface area contributed by atoms with Gasteiger partial charge in [0.05, 0.1) is 12.5 Å². The van der Waals surface area contributed by atoms with Crippen molar-refractivity contribution in [3.63, 3.8) is 0 Å². The summed E-state index contributed by atoms with van der Waals surface area (Å²) in [5.74, 6) is 1.83. The van der Waals surface area contributed by atoms with Gasteiger partial charge in [0.25, 0.3) is 0 Å². The van der Waals surface area contributed by atoms with Crippen molar-refractivity contribution in [3.8, 4) is 17.0 Å². The van der Waals surface area contributed by atoms with Gasteiger partial charge in [-0.25, -0.2) is 0 Å². The largest absolute Gasteiger partial charge is 0.494 e. The van der Waals surface area contributed by atoms with E-state index in [0.29, 0.717) is 18.2 Å². The summed E-state index contributed by atoms with van der Waals surface area (Å²) in [6.07, 6.45) is 0. The smallest absolute Gasteiger partial charge is 0.152 e. The van der Waals surface area contributed by atoms with Gasteiger partial charge in [-0.1, -0.05) is 17.3 Å². The number of benzene rings is 1. The zero-order valence-electron chi connectivity index (χ0n) is 8.94. The maximum atomic E-state index is 5.65. The average Bonchev–Trinajstić information content (AvgIpc) is 2.78. The van der Waals surface area contributed by atoms with Crippen molar-refractivity contribution >= 4 is 11.6 Å². The summed E-state index contributed by atoms with van der Waals surface area (Å²) < 4.78 is 10.5. The van der Waals surface area contributed by atoms with E-state index >= 15 is 0 Å². The van der Waals surface area contributed by atoms with Crippen LogP contribution in [-0.2, 0) is 5.88 Å². The van der Waals surface area contributed by atoms with Gasteiger partial charge in [-0.3, -0.25) is 0 Å². The van der Waals surface area contributed by atoms with E-state index in [0.717, 1.165) is 17.0 Å². The van der Waals surface area contributed by atoms with E-state index in [1.54, 1.807) is 0 Å². The molecule has 2 aromatic rings. The molecule has 16 heavy (non-hydrogen) atoms. The van der Waals surface area contributed by atoms with Crippen molar-refractivity contribution in [2.45, 2.75) is 12.8 Å². The van der Waals surface area contributed by atoms with Gasteiger partial charge in [-0.2, -0.15) is 0 Å². The molecule has 0 fully saturated rings. The minimum absolute atomic E-state index is 0.331. The molecule has 0 aliphatic carbocycles. The van der Waals surface area contributed by atoms with Gasteiger partial charge in [0, 0.05) is 11.6 Å². The maximum absolute atomic E-state index is 5.65. The first-order valence-electron chi connectivity index (χ1n) is 5.08. The molecule has 0 N–H and O–H groups in total. The lowest BCUT2D eigenvalue weighted by Gasteiger charge is -2.03.